The van der Waals surface area contributed by atoms with Crippen LogP contribution in [0.5, 0.6) is 11.8 Å². The van der Waals surface area contributed by atoms with Crippen molar-refractivity contribution in [2.24, 2.45) is 0 Å². The maximum atomic E-state index is 5.39. The molecule has 4 rings (SSSR count). The number of nitrogens with one attached hydrogen (secondary N) is 2. The lowest BCUT2D eigenvalue weighted by Gasteiger charge is -1.96. The summed E-state index contributed by atoms with van der Waals surface area (Å²) in [6.07, 6.45) is 0. The zero-order valence-corrected chi connectivity index (χ0v) is 9.70. The summed E-state index contributed by atoms with van der Waals surface area (Å²) in [6, 6.07) is 0. The molecular formula is C6H2N12O3. The summed E-state index contributed by atoms with van der Waals surface area (Å²) in [4.78, 5) is 0. The normalized spacial score (nSPS) is 10.9. The lowest BCUT2D eigenvalue weighted by atomic mass is 10.4. The van der Waals surface area contributed by atoms with E-state index in [-0.39, 0.29) is 34.8 Å². The van der Waals surface area contributed by atoms with Crippen LogP contribution < -0.4 is 4.74 Å². The van der Waals surface area contributed by atoms with Crippen molar-refractivity contribution in [3.05, 3.63) is 0 Å². The van der Waals surface area contributed by atoms with Crippen LogP contribution in [0.25, 0.3) is 23.0 Å². The monoisotopic (exact) mass is 290 g/mol. The molecule has 15 nitrogen and oxygen atoms in total. The third-order valence-electron chi connectivity index (χ3n) is 2.22. The van der Waals surface area contributed by atoms with Crippen molar-refractivity contribution in [2.45, 2.75) is 0 Å². The fourth-order valence-electron chi connectivity index (χ4n) is 1.38. The van der Waals surface area contributed by atoms with Crippen molar-refractivity contribution in [3.8, 4) is 34.8 Å². The van der Waals surface area contributed by atoms with E-state index in [9.17, 15) is 0 Å². The second-order valence-corrected chi connectivity index (χ2v) is 3.41. The summed E-state index contributed by atoms with van der Waals surface area (Å²) in [6.45, 7) is 0. The molecule has 0 unspecified atom stereocenters. The van der Waals surface area contributed by atoms with Gasteiger partial charge in [0.1, 0.15) is 0 Å². The van der Waals surface area contributed by atoms with Gasteiger partial charge in [-0.2, -0.15) is 10.4 Å². The van der Waals surface area contributed by atoms with Gasteiger partial charge < -0.3 is 4.74 Å². The predicted molar refractivity (Wildman–Crippen MR) is 55.0 cm³/mol. The average Bonchev–Trinajstić information content (AvgIpc) is 3.28. The highest BCUT2D eigenvalue weighted by molar-refractivity contribution is 5.58. The van der Waals surface area contributed by atoms with Crippen LogP contribution in [0.2, 0.25) is 0 Å². The first kappa shape index (κ1) is 11.1. The Morgan fingerprint density at radius 2 is 1.24 bits per heavy atom. The van der Waals surface area contributed by atoms with E-state index in [0.717, 1.165) is 0 Å². The van der Waals surface area contributed by atoms with Crippen molar-refractivity contribution in [1.82, 2.24) is 61.9 Å². The van der Waals surface area contributed by atoms with Crippen LogP contribution in [0.3, 0.4) is 0 Å². The molecule has 0 amide bonds. The summed E-state index contributed by atoms with van der Waals surface area (Å²) >= 11 is 0. The van der Waals surface area contributed by atoms with Crippen LogP contribution in [0, 0.1) is 0 Å². The van der Waals surface area contributed by atoms with Gasteiger partial charge in [0.15, 0.2) is 0 Å². The van der Waals surface area contributed by atoms with E-state index in [2.05, 4.69) is 71.1 Å². The Hall–Kier alpha value is -3.78. The van der Waals surface area contributed by atoms with Gasteiger partial charge in [-0.1, -0.05) is 0 Å². The third kappa shape index (κ3) is 1.84. The number of rotatable bonds is 4. The van der Waals surface area contributed by atoms with Gasteiger partial charge in [-0.05, 0) is 31.1 Å². The Bertz CT molecular complexity index is 760. The Kier molecular flexibility index (Phi) is 2.32. The molecule has 2 N–H and O–H groups in total. The topological polar surface area (TPSA) is 196 Å². The van der Waals surface area contributed by atoms with Crippen LogP contribution in [0.4, 0.5) is 0 Å². The van der Waals surface area contributed by atoms with Crippen LogP contribution >= 0.6 is 0 Å². The Labute approximate surface area is 112 Å². The number of ether oxygens (including phenoxy) is 1. The third-order valence-corrected chi connectivity index (χ3v) is 2.22. The first-order valence-electron chi connectivity index (χ1n) is 5.22. The smallest absolute Gasteiger partial charge is 0.294 e. The first-order valence-corrected chi connectivity index (χ1v) is 5.22. The molecule has 0 radical (unpaired) electrons. The number of H-pyrrole nitrogens is 2. The molecule has 104 valence electrons. The number of hydrogen-bond donors (Lipinski definition) is 2. The minimum atomic E-state index is -0.0585. The molecule has 0 aromatic carbocycles. The van der Waals surface area contributed by atoms with E-state index in [4.69, 9.17) is 4.74 Å². The zero-order valence-electron chi connectivity index (χ0n) is 9.70. The number of aromatic amines is 2. The number of nitrogens with zero attached hydrogens (tertiary/aromatic N) is 10. The fraction of sp³-hybridized carbons (Fsp3) is 0. The van der Waals surface area contributed by atoms with Gasteiger partial charge in [-0.25, -0.2) is 9.26 Å². The van der Waals surface area contributed by atoms with Crippen LogP contribution in [0.15, 0.2) is 9.26 Å². The molecule has 4 aromatic rings. The molecule has 0 spiro atoms. The minimum absolute atomic E-state index is 0.0585. The van der Waals surface area contributed by atoms with Crippen molar-refractivity contribution in [2.75, 3.05) is 0 Å². The molecule has 4 aromatic heterocycles. The highest BCUT2D eigenvalue weighted by Gasteiger charge is 2.24. The first-order chi connectivity index (χ1) is 10.4. The molecule has 0 saturated heterocycles. The Morgan fingerprint density at radius 3 is 1.67 bits per heavy atom. The van der Waals surface area contributed by atoms with Crippen molar-refractivity contribution in [1.29, 1.82) is 0 Å². The maximum absolute atomic E-state index is 5.39. The summed E-state index contributed by atoms with van der Waals surface area (Å²) in [5.74, 6) is 0.140. The largest absolute Gasteiger partial charge is 0.410 e. The molecule has 21 heavy (non-hydrogen) atoms. The lowest BCUT2D eigenvalue weighted by molar-refractivity contribution is 0.272. The van der Waals surface area contributed by atoms with Crippen LogP contribution in [0.1, 0.15) is 0 Å². The summed E-state index contributed by atoms with van der Waals surface area (Å²) in [5, 5.41) is 40.6. The van der Waals surface area contributed by atoms with E-state index >= 15 is 0 Å². The Morgan fingerprint density at radius 1 is 0.714 bits per heavy atom. The van der Waals surface area contributed by atoms with Gasteiger partial charge in [0.2, 0.25) is 23.0 Å². The minimum Gasteiger partial charge on any atom is -0.410 e. The molecule has 0 saturated carbocycles. The Balaban J connectivity index is 1.69. The molecule has 15 heteroatoms. The molecule has 0 bridgehead atoms. The fourth-order valence-corrected chi connectivity index (χ4v) is 1.38. The molecule has 4 heterocycles. The lowest BCUT2D eigenvalue weighted by Crippen LogP contribution is -1.92. The van der Waals surface area contributed by atoms with Gasteiger partial charge in [0.05, 0.1) is 0 Å². The molecule has 0 fully saturated rings. The number of hydrogen-bond acceptors (Lipinski definition) is 13. The number of tetrazole rings is 2. The zero-order chi connectivity index (χ0) is 14.1. The predicted octanol–water partition coefficient (Wildman–Crippen LogP) is -1.39. The summed E-state index contributed by atoms with van der Waals surface area (Å²) < 4.78 is 14.5. The summed E-state index contributed by atoms with van der Waals surface area (Å²) in [5.41, 5.74) is 0.233. The average molecular weight is 290 g/mol. The van der Waals surface area contributed by atoms with Crippen LogP contribution in [-0.2, 0) is 0 Å². The highest BCUT2D eigenvalue weighted by atomic mass is 16.6. The molecule has 0 aliphatic rings. The quantitative estimate of drug-likeness (QED) is 0.445. The van der Waals surface area contributed by atoms with E-state index in [1.54, 1.807) is 0 Å². The van der Waals surface area contributed by atoms with Gasteiger partial charge in [0, 0.05) is 0 Å². The van der Waals surface area contributed by atoms with Gasteiger partial charge >= 0.3 is 0 Å². The van der Waals surface area contributed by atoms with Gasteiger partial charge in [0.25, 0.3) is 11.8 Å². The second kappa shape index (κ2) is 4.40. The molecule has 0 aliphatic heterocycles. The second-order valence-electron chi connectivity index (χ2n) is 3.41. The SMILES string of the molecule is n1nc(-c2nonc2Oc2nonc2-c2nn[nH]n2)n[nH]1. The highest BCUT2D eigenvalue weighted by Crippen LogP contribution is 2.30. The van der Waals surface area contributed by atoms with E-state index < -0.39 is 0 Å². The molecule has 0 atom stereocenters. The maximum Gasteiger partial charge on any atom is 0.294 e. The van der Waals surface area contributed by atoms with Gasteiger partial charge in [-0.15, -0.1) is 20.4 Å². The van der Waals surface area contributed by atoms with E-state index in [1.165, 1.54) is 0 Å². The summed E-state index contributed by atoms with van der Waals surface area (Å²) in [7, 11) is 0. The van der Waals surface area contributed by atoms with Crippen LogP contribution in [-0.4, -0.2) is 61.9 Å². The van der Waals surface area contributed by atoms with E-state index in [0.29, 0.717) is 0 Å². The van der Waals surface area contributed by atoms with E-state index in [1.807, 2.05) is 0 Å². The van der Waals surface area contributed by atoms with Gasteiger partial charge in [-0.3, -0.25) is 0 Å². The van der Waals surface area contributed by atoms with Crippen molar-refractivity contribution < 1.29 is 14.0 Å². The van der Waals surface area contributed by atoms with Crippen molar-refractivity contribution in [3.63, 3.8) is 0 Å². The molecular weight excluding hydrogens is 288 g/mol. The van der Waals surface area contributed by atoms with Crippen molar-refractivity contribution >= 4 is 0 Å². The number of aromatic nitrogens is 12. The molecule has 0 aliphatic carbocycles. The standard InChI is InChI=1S/C6H2N12O3/c7-3(8-16-15-7)1-5(13-20-11-1)19-6-2(12-21-14-6)4-9-17-18-10-4/h(H,7,8,15,16)(H,9,10,17,18).